The molecular weight excluding hydrogens is 287 g/mol. The van der Waals surface area contributed by atoms with Crippen molar-refractivity contribution in [3.63, 3.8) is 0 Å². The van der Waals surface area contributed by atoms with Gasteiger partial charge in [0.25, 0.3) is 0 Å². The average molecular weight is 304 g/mol. The minimum absolute atomic E-state index is 0.176. The summed E-state index contributed by atoms with van der Waals surface area (Å²) in [6.07, 6.45) is 1.62. The van der Waals surface area contributed by atoms with Gasteiger partial charge in [0.2, 0.25) is 5.88 Å². The lowest BCUT2D eigenvalue weighted by Crippen LogP contribution is -2.40. The molecule has 1 aliphatic rings. The van der Waals surface area contributed by atoms with E-state index in [1.807, 2.05) is 0 Å². The summed E-state index contributed by atoms with van der Waals surface area (Å²) in [5.74, 6) is 0.244. The van der Waals surface area contributed by atoms with Gasteiger partial charge in [-0.15, -0.1) is 0 Å². The Morgan fingerprint density at radius 2 is 2.00 bits per heavy atom. The van der Waals surface area contributed by atoms with Crippen LogP contribution >= 0.6 is 0 Å². The van der Waals surface area contributed by atoms with Crippen molar-refractivity contribution >= 4 is 17.6 Å². The SMILES string of the molecule is Nc1cc(C2CCN(C(=O)Nc3ccc(F)cc3)CC2)no1. The first kappa shape index (κ1) is 14.4. The first-order chi connectivity index (χ1) is 10.6. The second-order valence-electron chi connectivity index (χ2n) is 5.35. The molecule has 3 rings (SSSR count). The first-order valence-corrected chi connectivity index (χ1v) is 7.15. The lowest BCUT2D eigenvalue weighted by molar-refractivity contribution is 0.193. The zero-order valence-corrected chi connectivity index (χ0v) is 12.0. The van der Waals surface area contributed by atoms with Crippen LogP contribution in [-0.2, 0) is 0 Å². The summed E-state index contributed by atoms with van der Waals surface area (Å²) >= 11 is 0. The molecule has 2 aromatic rings. The smallest absolute Gasteiger partial charge is 0.321 e. The summed E-state index contributed by atoms with van der Waals surface area (Å²) in [7, 11) is 0. The van der Waals surface area contributed by atoms with E-state index in [2.05, 4.69) is 10.5 Å². The third kappa shape index (κ3) is 3.19. The maximum Gasteiger partial charge on any atom is 0.321 e. The molecule has 1 aromatic carbocycles. The lowest BCUT2D eigenvalue weighted by Gasteiger charge is -2.31. The zero-order chi connectivity index (χ0) is 15.5. The second kappa shape index (κ2) is 6.05. The Hall–Kier alpha value is -2.57. The number of urea groups is 1. The highest BCUT2D eigenvalue weighted by Gasteiger charge is 2.25. The van der Waals surface area contributed by atoms with Crippen LogP contribution in [0.4, 0.5) is 20.8 Å². The number of nitrogens with zero attached hydrogens (tertiary/aromatic N) is 2. The van der Waals surface area contributed by atoms with Crippen LogP contribution in [0.2, 0.25) is 0 Å². The number of halogens is 1. The summed E-state index contributed by atoms with van der Waals surface area (Å²) in [6, 6.07) is 7.27. The summed E-state index contributed by atoms with van der Waals surface area (Å²) in [6.45, 7) is 1.26. The van der Waals surface area contributed by atoms with Crippen molar-refractivity contribution < 1.29 is 13.7 Å². The highest BCUT2D eigenvalue weighted by molar-refractivity contribution is 5.89. The summed E-state index contributed by atoms with van der Waals surface area (Å²) in [5.41, 5.74) is 6.95. The maximum atomic E-state index is 12.8. The van der Waals surface area contributed by atoms with Crippen LogP contribution in [0, 0.1) is 5.82 Å². The highest BCUT2D eigenvalue weighted by Crippen LogP contribution is 2.28. The third-order valence-corrected chi connectivity index (χ3v) is 3.84. The highest BCUT2D eigenvalue weighted by atomic mass is 19.1. The van der Waals surface area contributed by atoms with Crippen LogP contribution in [0.1, 0.15) is 24.5 Å². The Bertz CT molecular complexity index is 648. The van der Waals surface area contributed by atoms with E-state index in [1.54, 1.807) is 11.0 Å². The van der Waals surface area contributed by atoms with E-state index < -0.39 is 0 Å². The number of nitrogens with two attached hydrogens (primary N) is 1. The molecule has 0 radical (unpaired) electrons. The number of anilines is 2. The fourth-order valence-corrected chi connectivity index (χ4v) is 2.61. The molecule has 1 saturated heterocycles. The number of nitrogen functional groups attached to an aromatic ring is 1. The molecule has 1 fully saturated rings. The Morgan fingerprint density at radius 1 is 1.32 bits per heavy atom. The molecular formula is C15H17FN4O2. The van der Waals surface area contributed by atoms with Gasteiger partial charge in [0.1, 0.15) is 5.82 Å². The molecule has 22 heavy (non-hydrogen) atoms. The molecule has 0 aliphatic carbocycles. The van der Waals surface area contributed by atoms with Crippen molar-refractivity contribution in [2.24, 2.45) is 0 Å². The van der Waals surface area contributed by atoms with Crippen LogP contribution < -0.4 is 11.1 Å². The molecule has 116 valence electrons. The molecule has 0 unspecified atom stereocenters. The van der Waals surface area contributed by atoms with Gasteiger partial charge in [0.05, 0.1) is 5.69 Å². The number of rotatable bonds is 2. The molecule has 0 spiro atoms. The Balaban J connectivity index is 1.54. The summed E-state index contributed by atoms with van der Waals surface area (Å²) in [4.78, 5) is 13.9. The van der Waals surface area contributed by atoms with E-state index in [-0.39, 0.29) is 17.8 Å². The van der Waals surface area contributed by atoms with E-state index in [4.69, 9.17) is 10.3 Å². The van der Waals surface area contributed by atoms with Crippen LogP contribution in [-0.4, -0.2) is 29.2 Å². The Labute approximate surface area is 127 Å². The molecule has 2 heterocycles. The van der Waals surface area contributed by atoms with E-state index in [1.165, 1.54) is 24.3 Å². The van der Waals surface area contributed by atoms with Gasteiger partial charge in [-0.1, -0.05) is 5.16 Å². The number of hydrogen-bond acceptors (Lipinski definition) is 4. The van der Waals surface area contributed by atoms with Crippen molar-refractivity contribution in [3.05, 3.63) is 41.8 Å². The first-order valence-electron chi connectivity index (χ1n) is 7.15. The van der Waals surface area contributed by atoms with Crippen LogP contribution in [0.5, 0.6) is 0 Å². The predicted octanol–water partition coefficient (Wildman–Crippen LogP) is 2.81. The van der Waals surface area contributed by atoms with Gasteiger partial charge >= 0.3 is 6.03 Å². The minimum Gasteiger partial charge on any atom is -0.368 e. The minimum atomic E-state index is -0.328. The quantitative estimate of drug-likeness (QED) is 0.893. The zero-order valence-electron chi connectivity index (χ0n) is 12.0. The molecule has 2 amide bonds. The van der Waals surface area contributed by atoms with Gasteiger partial charge in [-0.3, -0.25) is 0 Å². The van der Waals surface area contributed by atoms with Gasteiger partial charge in [-0.05, 0) is 37.1 Å². The predicted molar refractivity (Wildman–Crippen MR) is 79.9 cm³/mol. The Morgan fingerprint density at radius 3 is 2.59 bits per heavy atom. The van der Waals surface area contributed by atoms with Crippen LogP contribution in [0.25, 0.3) is 0 Å². The maximum absolute atomic E-state index is 12.8. The monoisotopic (exact) mass is 304 g/mol. The number of carbonyl (C=O) groups excluding carboxylic acids is 1. The molecule has 1 aromatic heterocycles. The second-order valence-corrected chi connectivity index (χ2v) is 5.35. The van der Waals surface area contributed by atoms with Gasteiger partial charge in [0.15, 0.2) is 0 Å². The molecule has 0 bridgehead atoms. The number of likely N-dealkylation sites (tertiary alicyclic amines) is 1. The number of carbonyl (C=O) groups is 1. The van der Waals surface area contributed by atoms with E-state index in [9.17, 15) is 9.18 Å². The van der Waals surface area contributed by atoms with Crippen molar-refractivity contribution in [1.29, 1.82) is 0 Å². The fourth-order valence-electron chi connectivity index (χ4n) is 2.61. The van der Waals surface area contributed by atoms with Crippen LogP contribution in [0.3, 0.4) is 0 Å². The number of nitrogens with one attached hydrogen (secondary N) is 1. The van der Waals surface area contributed by atoms with Crippen molar-refractivity contribution in [3.8, 4) is 0 Å². The van der Waals surface area contributed by atoms with Gasteiger partial charge in [0, 0.05) is 30.8 Å². The van der Waals surface area contributed by atoms with Crippen molar-refractivity contribution in [2.45, 2.75) is 18.8 Å². The summed E-state index contributed by atoms with van der Waals surface area (Å²) in [5, 5.41) is 6.69. The van der Waals surface area contributed by atoms with Gasteiger partial charge < -0.3 is 20.5 Å². The topological polar surface area (TPSA) is 84.4 Å². The average Bonchev–Trinajstić information content (AvgIpc) is 2.96. The summed E-state index contributed by atoms with van der Waals surface area (Å²) < 4.78 is 17.7. The molecule has 0 saturated carbocycles. The Kier molecular flexibility index (Phi) is 3.95. The molecule has 1 aliphatic heterocycles. The largest absolute Gasteiger partial charge is 0.368 e. The molecule has 0 atom stereocenters. The van der Waals surface area contributed by atoms with Crippen molar-refractivity contribution in [1.82, 2.24) is 10.1 Å². The number of amides is 2. The van der Waals surface area contributed by atoms with Gasteiger partial charge in [-0.25, -0.2) is 9.18 Å². The lowest BCUT2D eigenvalue weighted by atomic mass is 9.94. The van der Waals surface area contributed by atoms with E-state index in [0.717, 1.165) is 18.5 Å². The normalized spacial score (nSPS) is 15.8. The molecule has 3 N–H and O–H groups in total. The fraction of sp³-hybridized carbons (Fsp3) is 0.333. The number of aromatic nitrogens is 1. The third-order valence-electron chi connectivity index (χ3n) is 3.84. The van der Waals surface area contributed by atoms with E-state index in [0.29, 0.717) is 24.7 Å². The van der Waals surface area contributed by atoms with Gasteiger partial charge in [-0.2, -0.15) is 0 Å². The van der Waals surface area contributed by atoms with Crippen molar-refractivity contribution in [2.75, 3.05) is 24.1 Å². The molecule has 7 heteroatoms. The number of benzene rings is 1. The standard InChI is InChI=1S/C15H17FN4O2/c16-11-1-3-12(4-2-11)18-15(21)20-7-5-10(6-8-20)13-9-14(17)22-19-13/h1-4,9-10H,5-8,17H2,(H,18,21). The van der Waals surface area contributed by atoms with E-state index >= 15 is 0 Å². The number of piperidine rings is 1. The van der Waals surface area contributed by atoms with Crippen LogP contribution in [0.15, 0.2) is 34.9 Å². The molecule has 6 nitrogen and oxygen atoms in total. The number of hydrogen-bond donors (Lipinski definition) is 2.